The Bertz CT molecular complexity index is 1510. The highest BCUT2D eigenvalue weighted by molar-refractivity contribution is 6.05. The monoisotopic (exact) mass is 544 g/mol. The number of aromatic nitrogens is 2. The molecule has 3 N–H and O–H groups in total. The van der Waals surface area contributed by atoms with E-state index in [0.29, 0.717) is 30.0 Å². The zero-order valence-corrected chi connectivity index (χ0v) is 22.3. The molecule has 0 spiro atoms. The molecule has 2 aliphatic rings. The molecule has 1 aliphatic carbocycles. The minimum Gasteiger partial charge on any atom is -0.485 e. The van der Waals surface area contributed by atoms with Gasteiger partial charge in [0.1, 0.15) is 30.3 Å². The van der Waals surface area contributed by atoms with Gasteiger partial charge in [-0.3, -0.25) is 4.79 Å². The third-order valence-electron chi connectivity index (χ3n) is 7.39. The Labute approximate surface area is 231 Å². The summed E-state index contributed by atoms with van der Waals surface area (Å²) in [5, 5.41) is 12.0. The molecule has 1 saturated heterocycles. The molecule has 1 aliphatic heterocycles. The largest absolute Gasteiger partial charge is 0.485 e. The number of nitrogens with one attached hydrogen (secondary N) is 1. The van der Waals surface area contributed by atoms with E-state index in [1.54, 1.807) is 13.0 Å². The number of halogens is 2. The fourth-order valence-electron chi connectivity index (χ4n) is 5.10. The first-order valence-corrected chi connectivity index (χ1v) is 13.2. The molecule has 2 atom stereocenters. The molecule has 2 aromatic carbocycles. The number of nitrogens with zero attached hydrogens (tertiary/aromatic N) is 4. The number of likely N-dealkylation sites (tertiary alicyclic amines) is 1. The summed E-state index contributed by atoms with van der Waals surface area (Å²) >= 11 is 0. The number of allylic oxidation sites excluding steroid dienone is 1. The van der Waals surface area contributed by atoms with E-state index in [2.05, 4.69) is 21.4 Å². The number of rotatable bonds is 8. The van der Waals surface area contributed by atoms with Crippen molar-refractivity contribution in [3.8, 4) is 23.1 Å². The van der Waals surface area contributed by atoms with Crippen molar-refractivity contribution < 1.29 is 18.3 Å². The number of hydrogen-bond acceptors (Lipinski definition) is 7. The van der Waals surface area contributed by atoms with Crippen LogP contribution in [0.15, 0.2) is 48.9 Å². The summed E-state index contributed by atoms with van der Waals surface area (Å²) in [6.45, 7) is 4.40. The highest BCUT2D eigenvalue weighted by atomic mass is 19.1. The van der Waals surface area contributed by atoms with Crippen molar-refractivity contribution in [2.24, 2.45) is 5.92 Å². The maximum Gasteiger partial charge on any atom is 0.258 e. The Morgan fingerprint density at radius 2 is 2.08 bits per heavy atom. The maximum absolute atomic E-state index is 14.9. The van der Waals surface area contributed by atoms with Crippen LogP contribution >= 0.6 is 0 Å². The minimum absolute atomic E-state index is 0.0713. The predicted molar refractivity (Wildman–Crippen MR) is 147 cm³/mol. The number of carbonyl (C=O) groups is 1. The number of anilines is 2. The molecular weight excluding hydrogens is 514 g/mol. The minimum atomic E-state index is -0.685. The lowest BCUT2D eigenvalue weighted by Crippen LogP contribution is -2.30. The second kappa shape index (κ2) is 11.3. The summed E-state index contributed by atoms with van der Waals surface area (Å²) in [5.41, 5.74) is 8.18. The lowest BCUT2D eigenvalue weighted by molar-refractivity contribution is 0.102. The van der Waals surface area contributed by atoms with Gasteiger partial charge in [-0.15, -0.1) is 0 Å². The highest BCUT2D eigenvalue weighted by Crippen LogP contribution is 2.41. The third kappa shape index (κ3) is 5.59. The van der Waals surface area contributed by atoms with E-state index < -0.39 is 17.5 Å². The van der Waals surface area contributed by atoms with E-state index in [-0.39, 0.29) is 47.1 Å². The number of amides is 1. The van der Waals surface area contributed by atoms with Gasteiger partial charge in [-0.2, -0.15) is 5.26 Å². The molecule has 1 amide bonds. The molecule has 3 aromatic rings. The van der Waals surface area contributed by atoms with Crippen molar-refractivity contribution in [1.82, 2.24) is 14.9 Å². The number of nitrogens with two attached hydrogens (primary N) is 1. The molecule has 1 aromatic heterocycles. The van der Waals surface area contributed by atoms with E-state index in [0.717, 1.165) is 18.4 Å². The van der Waals surface area contributed by atoms with Gasteiger partial charge in [0.25, 0.3) is 5.91 Å². The van der Waals surface area contributed by atoms with Gasteiger partial charge in [-0.05, 0) is 80.6 Å². The van der Waals surface area contributed by atoms with Crippen molar-refractivity contribution in [3.63, 3.8) is 0 Å². The first kappa shape index (κ1) is 27.1. The molecule has 40 heavy (non-hydrogen) atoms. The highest BCUT2D eigenvalue weighted by Gasteiger charge is 2.31. The molecule has 8 nitrogen and oxygen atoms in total. The molecule has 0 bridgehead atoms. The summed E-state index contributed by atoms with van der Waals surface area (Å²) in [6.07, 6.45) is 7.74. The Morgan fingerprint density at radius 3 is 2.77 bits per heavy atom. The van der Waals surface area contributed by atoms with Crippen molar-refractivity contribution >= 4 is 17.4 Å². The molecule has 10 heteroatoms. The third-order valence-corrected chi connectivity index (χ3v) is 7.39. The van der Waals surface area contributed by atoms with E-state index >= 15 is 0 Å². The Kier molecular flexibility index (Phi) is 7.65. The van der Waals surface area contributed by atoms with Gasteiger partial charge in [-0.25, -0.2) is 18.7 Å². The number of benzene rings is 2. The average Bonchev–Trinajstić information content (AvgIpc) is 3.71. The fourth-order valence-corrected chi connectivity index (χ4v) is 5.10. The number of ether oxygens (including phenoxy) is 1. The van der Waals surface area contributed by atoms with Gasteiger partial charge in [0.15, 0.2) is 11.6 Å². The van der Waals surface area contributed by atoms with Crippen LogP contribution in [-0.2, 0) is 0 Å². The van der Waals surface area contributed by atoms with Crippen LogP contribution in [0.4, 0.5) is 20.3 Å². The van der Waals surface area contributed by atoms with E-state index in [1.807, 2.05) is 24.1 Å². The molecule has 5 rings (SSSR count). The van der Waals surface area contributed by atoms with E-state index in [9.17, 15) is 18.8 Å². The standard InChI is InChI=1S/C30H30F2N6O2/c1-3-8-38-14-18(13-33)9-22(38)15-40-28-27(35-16-36-29(28)34)24-11-21(31)12-26(17(24)2)37-30(39)23-7-6-20(10-25(23)32)19-4-5-19/h3,6-8,10-12,16,18-19,22H,4-5,9,14-15H2,1-2H3,(H,37,39)(H2,34,35,36)/t18-,22-/m0/s1. The number of hydrogen-bond donors (Lipinski definition) is 2. The normalized spacial score (nSPS) is 18.6. The van der Waals surface area contributed by atoms with Crippen LogP contribution in [0.2, 0.25) is 0 Å². The molecular formula is C30H30F2N6O2. The lowest BCUT2D eigenvalue weighted by atomic mass is 10.0. The second-order valence-corrected chi connectivity index (χ2v) is 10.2. The summed E-state index contributed by atoms with van der Waals surface area (Å²) in [7, 11) is 0. The zero-order chi connectivity index (χ0) is 28.4. The van der Waals surface area contributed by atoms with Crippen molar-refractivity contribution in [1.29, 1.82) is 5.26 Å². The van der Waals surface area contributed by atoms with Crippen LogP contribution in [-0.4, -0.2) is 40.0 Å². The van der Waals surface area contributed by atoms with Gasteiger partial charge in [0.2, 0.25) is 0 Å². The molecule has 2 heterocycles. The van der Waals surface area contributed by atoms with Crippen LogP contribution in [0.1, 0.15) is 53.6 Å². The predicted octanol–water partition coefficient (Wildman–Crippen LogP) is 5.57. The van der Waals surface area contributed by atoms with Crippen LogP contribution in [0.3, 0.4) is 0 Å². The van der Waals surface area contributed by atoms with Gasteiger partial charge in [-0.1, -0.05) is 12.1 Å². The van der Waals surface area contributed by atoms with Crippen molar-refractivity contribution in [2.75, 3.05) is 24.2 Å². The first-order valence-electron chi connectivity index (χ1n) is 13.2. The molecule has 0 radical (unpaired) electrons. The Morgan fingerprint density at radius 1 is 1.27 bits per heavy atom. The fraction of sp³-hybridized carbons (Fsp3) is 0.333. The SMILES string of the molecule is CC=CN1C[C@H](C#N)C[C@H]1COc1c(N)ncnc1-c1cc(F)cc(NC(=O)c2ccc(C3CC3)cc2F)c1C. The molecule has 2 fully saturated rings. The number of nitriles is 1. The second-order valence-electron chi connectivity index (χ2n) is 10.2. The summed E-state index contributed by atoms with van der Waals surface area (Å²) in [5.74, 6) is -1.46. The Balaban J connectivity index is 1.41. The molecule has 1 saturated carbocycles. The number of nitrogen functional groups attached to an aromatic ring is 1. The smallest absolute Gasteiger partial charge is 0.258 e. The Hall–Kier alpha value is -4.52. The van der Waals surface area contributed by atoms with Crippen molar-refractivity contribution in [3.05, 3.63) is 77.3 Å². The summed E-state index contributed by atoms with van der Waals surface area (Å²) in [6, 6.07) is 9.30. The quantitative estimate of drug-likeness (QED) is 0.381. The zero-order valence-electron chi connectivity index (χ0n) is 22.3. The van der Waals surface area contributed by atoms with E-state index in [1.165, 1.54) is 30.6 Å². The first-order chi connectivity index (χ1) is 19.3. The van der Waals surface area contributed by atoms with Gasteiger partial charge in [0, 0.05) is 17.8 Å². The van der Waals surface area contributed by atoms with Crippen LogP contribution < -0.4 is 15.8 Å². The lowest BCUT2D eigenvalue weighted by Gasteiger charge is -2.23. The average molecular weight is 545 g/mol. The topological polar surface area (TPSA) is 117 Å². The van der Waals surface area contributed by atoms with Crippen molar-refractivity contribution in [2.45, 2.75) is 45.1 Å². The maximum atomic E-state index is 14.9. The number of carbonyl (C=O) groups excluding carboxylic acids is 1. The molecule has 0 unspecified atom stereocenters. The van der Waals surface area contributed by atoms with Gasteiger partial charge in [0.05, 0.1) is 23.6 Å². The summed E-state index contributed by atoms with van der Waals surface area (Å²) < 4.78 is 35.7. The van der Waals surface area contributed by atoms with E-state index in [4.69, 9.17) is 10.5 Å². The van der Waals surface area contributed by atoms with Crippen LogP contribution in [0, 0.1) is 35.8 Å². The van der Waals surface area contributed by atoms with Crippen LogP contribution in [0.25, 0.3) is 11.3 Å². The summed E-state index contributed by atoms with van der Waals surface area (Å²) in [4.78, 5) is 23.4. The van der Waals surface area contributed by atoms with Crippen LogP contribution in [0.5, 0.6) is 5.75 Å². The molecule has 206 valence electrons. The van der Waals surface area contributed by atoms with Gasteiger partial charge < -0.3 is 20.7 Å². The van der Waals surface area contributed by atoms with Gasteiger partial charge >= 0.3 is 0 Å².